The van der Waals surface area contributed by atoms with Crippen molar-refractivity contribution >= 4 is 27.9 Å². The third-order valence-electron chi connectivity index (χ3n) is 5.83. The lowest BCUT2D eigenvalue weighted by Crippen LogP contribution is -2.03. The summed E-state index contributed by atoms with van der Waals surface area (Å²) in [5.74, 6) is 1.41. The zero-order chi connectivity index (χ0) is 24.5. The molecule has 1 N–H and O–H groups in total. The summed E-state index contributed by atoms with van der Waals surface area (Å²) in [6.07, 6.45) is 1.76. The molecule has 5 rings (SSSR count). The van der Waals surface area contributed by atoms with E-state index in [1.54, 1.807) is 25.4 Å². The van der Waals surface area contributed by atoms with Crippen molar-refractivity contribution in [1.82, 2.24) is 24.7 Å². The highest BCUT2D eigenvalue weighted by atomic mass is 16.5. The number of carbonyl (C=O) groups is 1. The molecule has 35 heavy (non-hydrogen) atoms. The molecule has 0 bridgehead atoms. The molecule has 0 aliphatic rings. The van der Waals surface area contributed by atoms with Crippen molar-refractivity contribution in [3.8, 4) is 23.0 Å². The van der Waals surface area contributed by atoms with E-state index in [1.807, 2.05) is 48.9 Å². The number of esters is 1. The predicted octanol–water partition coefficient (Wildman–Crippen LogP) is 4.68. The van der Waals surface area contributed by atoms with Gasteiger partial charge in [0.1, 0.15) is 29.4 Å². The Bertz CT molecular complexity index is 1540. The molecule has 3 heterocycles. The largest absolute Gasteiger partial charge is 0.497 e. The summed E-state index contributed by atoms with van der Waals surface area (Å²) in [5.41, 5.74) is 4.46. The molecule has 3 aromatic heterocycles. The topological polar surface area (TPSA) is 104 Å². The van der Waals surface area contributed by atoms with E-state index < -0.39 is 5.97 Å². The zero-order valence-corrected chi connectivity index (χ0v) is 20.0. The second-order valence-corrected chi connectivity index (χ2v) is 8.09. The van der Waals surface area contributed by atoms with E-state index in [2.05, 4.69) is 15.1 Å². The van der Waals surface area contributed by atoms with E-state index in [0.717, 1.165) is 39.0 Å². The van der Waals surface area contributed by atoms with Gasteiger partial charge in [-0.2, -0.15) is 5.10 Å². The zero-order valence-electron chi connectivity index (χ0n) is 20.0. The minimum Gasteiger partial charge on any atom is -0.497 e. The van der Waals surface area contributed by atoms with Crippen LogP contribution in [0, 0.1) is 6.92 Å². The quantitative estimate of drug-likeness (QED) is 0.344. The van der Waals surface area contributed by atoms with Gasteiger partial charge in [-0.15, -0.1) is 0 Å². The van der Waals surface area contributed by atoms with Crippen molar-refractivity contribution in [2.24, 2.45) is 0 Å². The van der Waals surface area contributed by atoms with E-state index in [0.29, 0.717) is 35.9 Å². The first-order valence-corrected chi connectivity index (χ1v) is 11.2. The van der Waals surface area contributed by atoms with Gasteiger partial charge >= 0.3 is 5.97 Å². The van der Waals surface area contributed by atoms with Crippen LogP contribution in [0.4, 0.5) is 0 Å². The van der Waals surface area contributed by atoms with Gasteiger partial charge in [-0.25, -0.2) is 14.8 Å². The van der Waals surface area contributed by atoms with Crippen LogP contribution in [0.3, 0.4) is 0 Å². The van der Waals surface area contributed by atoms with E-state index in [1.165, 1.54) is 7.11 Å². The Hall–Kier alpha value is -4.40. The Labute approximate surface area is 201 Å². The van der Waals surface area contributed by atoms with Crippen LogP contribution < -0.4 is 9.47 Å². The highest BCUT2D eigenvalue weighted by molar-refractivity contribution is 6.10. The van der Waals surface area contributed by atoms with Crippen LogP contribution in [0.2, 0.25) is 0 Å². The van der Waals surface area contributed by atoms with Crippen molar-refractivity contribution in [2.45, 2.75) is 27.0 Å². The lowest BCUT2D eigenvalue weighted by Gasteiger charge is -2.10. The number of H-pyrrole nitrogens is 1. The number of aromatic amines is 1. The maximum Gasteiger partial charge on any atom is 0.338 e. The lowest BCUT2D eigenvalue weighted by atomic mass is 10.1. The number of rotatable bonds is 7. The molecule has 0 amide bonds. The first-order chi connectivity index (χ1) is 17.0. The molecule has 0 unspecified atom stereocenters. The van der Waals surface area contributed by atoms with Crippen molar-refractivity contribution in [1.29, 1.82) is 0 Å². The molecule has 0 aliphatic carbocycles. The monoisotopic (exact) mass is 471 g/mol. The average Bonchev–Trinajstić information content (AvgIpc) is 3.46. The smallest absolute Gasteiger partial charge is 0.338 e. The Morgan fingerprint density at radius 2 is 1.89 bits per heavy atom. The summed E-state index contributed by atoms with van der Waals surface area (Å²) in [4.78, 5) is 25.1. The number of nitrogens with one attached hydrogen (secondary N) is 1. The highest BCUT2D eigenvalue weighted by Gasteiger charge is 2.18. The summed E-state index contributed by atoms with van der Waals surface area (Å²) in [7, 11) is 2.98. The number of fused-ring (bicyclic) bond motifs is 3. The normalized spacial score (nSPS) is 11.2. The number of nitrogens with zero attached hydrogens (tertiary/aromatic N) is 4. The SMILES string of the molecule is CCn1nc(C)cc1-c1ncc2c(n1)[nH]c1c(OCc3ccc(OC)cc3)cc(C(=O)OC)cc12. The summed E-state index contributed by atoms with van der Waals surface area (Å²) >= 11 is 0. The van der Waals surface area contributed by atoms with Gasteiger partial charge in [0, 0.05) is 23.5 Å². The number of aromatic nitrogens is 5. The molecular weight excluding hydrogens is 446 g/mol. The van der Waals surface area contributed by atoms with Gasteiger partial charge in [-0.3, -0.25) is 4.68 Å². The molecule has 9 heteroatoms. The van der Waals surface area contributed by atoms with Gasteiger partial charge in [0.2, 0.25) is 0 Å². The van der Waals surface area contributed by atoms with Gasteiger partial charge in [-0.1, -0.05) is 12.1 Å². The van der Waals surface area contributed by atoms with E-state index in [4.69, 9.17) is 19.2 Å². The van der Waals surface area contributed by atoms with Gasteiger partial charge in [0.15, 0.2) is 5.82 Å². The third kappa shape index (κ3) is 4.16. The number of benzene rings is 2. The molecule has 0 fully saturated rings. The highest BCUT2D eigenvalue weighted by Crippen LogP contribution is 2.34. The summed E-state index contributed by atoms with van der Waals surface area (Å²) in [5, 5.41) is 6.05. The molecule has 2 aromatic carbocycles. The minimum absolute atomic E-state index is 0.310. The number of hydrogen-bond acceptors (Lipinski definition) is 7. The Balaban J connectivity index is 1.59. The summed E-state index contributed by atoms with van der Waals surface area (Å²) in [6.45, 7) is 4.99. The molecule has 0 saturated carbocycles. The first-order valence-electron chi connectivity index (χ1n) is 11.2. The Morgan fingerprint density at radius 3 is 2.60 bits per heavy atom. The van der Waals surface area contributed by atoms with Gasteiger partial charge < -0.3 is 19.2 Å². The number of carbonyl (C=O) groups excluding carboxylic acids is 1. The number of methoxy groups -OCH3 is 2. The predicted molar refractivity (Wildman–Crippen MR) is 132 cm³/mol. The fourth-order valence-corrected chi connectivity index (χ4v) is 4.07. The molecule has 9 nitrogen and oxygen atoms in total. The number of ether oxygens (including phenoxy) is 3. The standard InChI is InChI=1S/C26H25N5O4/c1-5-31-21(10-15(2)30-31)25-27-13-20-19-11-17(26(32)34-4)12-22(23(19)28-24(20)29-25)35-14-16-6-8-18(33-3)9-7-16/h6-13H,5,14H2,1-4H3,(H,27,28,29). The minimum atomic E-state index is -0.449. The molecule has 5 aromatic rings. The molecule has 0 aliphatic heterocycles. The number of hydrogen-bond donors (Lipinski definition) is 1. The van der Waals surface area contributed by atoms with Crippen LogP contribution in [0.25, 0.3) is 33.5 Å². The molecular formula is C26H25N5O4. The van der Waals surface area contributed by atoms with Crippen LogP contribution in [0.5, 0.6) is 11.5 Å². The van der Waals surface area contributed by atoms with Gasteiger partial charge in [0.25, 0.3) is 0 Å². The van der Waals surface area contributed by atoms with Crippen LogP contribution in [0.15, 0.2) is 48.7 Å². The second kappa shape index (κ2) is 9.09. The summed E-state index contributed by atoms with van der Waals surface area (Å²) in [6, 6.07) is 13.0. The van der Waals surface area contributed by atoms with E-state index in [-0.39, 0.29) is 0 Å². The first kappa shape index (κ1) is 22.4. The Morgan fingerprint density at radius 1 is 1.09 bits per heavy atom. The van der Waals surface area contributed by atoms with Crippen molar-refractivity contribution < 1.29 is 19.0 Å². The van der Waals surface area contributed by atoms with E-state index >= 15 is 0 Å². The van der Waals surface area contributed by atoms with Gasteiger partial charge in [-0.05, 0) is 49.7 Å². The van der Waals surface area contributed by atoms with Crippen LogP contribution in [-0.2, 0) is 17.9 Å². The van der Waals surface area contributed by atoms with Crippen LogP contribution in [-0.4, -0.2) is 44.9 Å². The van der Waals surface area contributed by atoms with Crippen molar-refractivity contribution in [2.75, 3.05) is 14.2 Å². The van der Waals surface area contributed by atoms with Crippen LogP contribution in [0.1, 0.15) is 28.5 Å². The van der Waals surface area contributed by atoms with Crippen molar-refractivity contribution in [3.63, 3.8) is 0 Å². The average molecular weight is 472 g/mol. The number of aryl methyl sites for hydroxylation is 2. The second-order valence-electron chi connectivity index (χ2n) is 8.09. The molecule has 0 spiro atoms. The molecule has 0 atom stereocenters. The third-order valence-corrected chi connectivity index (χ3v) is 5.83. The Kier molecular flexibility index (Phi) is 5.82. The molecule has 0 radical (unpaired) electrons. The van der Waals surface area contributed by atoms with Crippen molar-refractivity contribution in [3.05, 3.63) is 65.5 Å². The fraction of sp³-hybridized carbons (Fsp3) is 0.231. The van der Waals surface area contributed by atoms with Gasteiger partial charge in [0.05, 0.1) is 31.0 Å². The fourth-order valence-electron chi connectivity index (χ4n) is 4.07. The van der Waals surface area contributed by atoms with E-state index in [9.17, 15) is 4.79 Å². The van der Waals surface area contributed by atoms with Crippen LogP contribution >= 0.6 is 0 Å². The maximum atomic E-state index is 12.4. The maximum absolute atomic E-state index is 12.4. The summed E-state index contributed by atoms with van der Waals surface area (Å²) < 4.78 is 18.2. The lowest BCUT2D eigenvalue weighted by molar-refractivity contribution is 0.0600. The molecule has 0 saturated heterocycles. The molecule has 178 valence electrons.